The average Bonchev–Trinajstić information content (AvgIpc) is 3.04. The van der Waals surface area contributed by atoms with Crippen molar-refractivity contribution in [3.8, 4) is 0 Å². The number of rotatable bonds is 4. The molecule has 0 aliphatic heterocycles. The molecule has 3 atom stereocenters. The molecule has 4 nitrogen and oxygen atoms in total. The summed E-state index contributed by atoms with van der Waals surface area (Å²) in [5.41, 5.74) is 1.07. The van der Waals surface area contributed by atoms with Crippen LogP contribution in [-0.2, 0) is 11.3 Å². The molecule has 2 aliphatic rings. The van der Waals surface area contributed by atoms with Gasteiger partial charge in [0, 0.05) is 31.8 Å². The summed E-state index contributed by atoms with van der Waals surface area (Å²) in [6.45, 7) is 0.663. The van der Waals surface area contributed by atoms with E-state index in [4.69, 9.17) is 0 Å². The number of fused-ring (bicyclic) bond motifs is 2. The molecule has 2 saturated carbocycles. The second-order valence-corrected chi connectivity index (χ2v) is 6.00. The van der Waals surface area contributed by atoms with Crippen molar-refractivity contribution in [1.82, 2.24) is 15.1 Å². The second-order valence-electron chi connectivity index (χ2n) is 6.00. The Morgan fingerprint density at radius 2 is 2.39 bits per heavy atom. The van der Waals surface area contributed by atoms with Gasteiger partial charge in [0.2, 0.25) is 5.91 Å². The van der Waals surface area contributed by atoms with E-state index in [2.05, 4.69) is 10.2 Å². The first-order valence-electron chi connectivity index (χ1n) is 6.94. The van der Waals surface area contributed by atoms with Crippen LogP contribution in [0.4, 0.5) is 0 Å². The van der Waals surface area contributed by atoms with E-state index >= 15 is 0 Å². The zero-order valence-corrected chi connectivity index (χ0v) is 10.9. The van der Waals surface area contributed by atoms with Crippen molar-refractivity contribution < 1.29 is 4.79 Å². The van der Waals surface area contributed by atoms with Gasteiger partial charge in [0.25, 0.3) is 0 Å². The number of carbonyl (C=O) groups excluding carboxylic acids is 1. The van der Waals surface area contributed by atoms with E-state index in [-0.39, 0.29) is 5.91 Å². The lowest BCUT2D eigenvalue weighted by molar-refractivity contribution is -0.131. The molecule has 3 rings (SSSR count). The lowest BCUT2D eigenvalue weighted by atomic mass is 9.86. The quantitative estimate of drug-likeness (QED) is 0.886. The maximum Gasteiger partial charge on any atom is 0.222 e. The molecule has 1 amide bonds. The SMILES string of the molecule is CN(Cc1cn[nH]c1)C(=O)CC1CC2CCC1C2. The number of aromatic nitrogens is 2. The first-order chi connectivity index (χ1) is 8.72. The van der Waals surface area contributed by atoms with Crippen LogP contribution < -0.4 is 0 Å². The maximum absolute atomic E-state index is 12.2. The van der Waals surface area contributed by atoms with E-state index in [1.54, 1.807) is 6.20 Å². The van der Waals surface area contributed by atoms with Crippen LogP contribution in [-0.4, -0.2) is 28.1 Å². The standard InChI is InChI=1S/C14H21N3O/c1-17(9-11-7-15-16-8-11)14(18)6-13-5-10-2-3-12(13)4-10/h7-8,10,12-13H,2-6,9H2,1H3,(H,15,16). The highest BCUT2D eigenvalue weighted by Gasteiger charge is 2.40. The van der Waals surface area contributed by atoms with Crippen LogP contribution in [0.1, 0.15) is 37.7 Å². The molecule has 2 bridgehead atoms. The zero-order chi connectivity index (χ0) is 12.5. The molecule has 1 N–H and O–H groups in total. The van der Waals surface area contributed by atoms with Crippen LogP contribution in [0.5, 0.6) is 0 Å². The van der Waals surface area contributed by atoms with Gasteiger partial charge in [-0.2, -0.15) is 5.10 Å². The largest absolute Gasteiger partial charge is 0.341 e. The highest BCUT2D eigenvalue weighted by atomic mass is 16.2. The number of aromatic amines is 1. The van der Waals surface area contributed by atoms with Gasteiger partial charge in [-0.25, -0.2) is 0 Å². The van der Waals surface area contributed by atoms with Crippen molar-refractivity contribution in [3.05, 3.63) is 18.0 Å². The number of hydrogen-bond acceptors (Lipinski definition) is 2. The lowest BCUT2D eigenvalue weighted by Crippen LogP contribution is -2.29. The van der Waals surface area contributed by atoms with Gasteiger partial charge < -0.3 is 4.90 Å². The van der Waals surface area contributed by atoms with E-state index in [1.165, 1.54) is 25.7 Å². The molecule has 2 aliphatic carbocycles. The first kappa shape index (κ1) is 11.8. The van der Waals surface area contributed by atoms with Gasteiger partial charge in [0.15, 0.2) is 0 Å². The zero-order valence-electron chi connectivity index (χ0n) is 10.9. The van der Waals surface area contributed by atoms with Crippen LogP contribution in [0, 0.1) is 17.8 Å². The topological polar surface area (TPSA) is 49.0 Å². The first-order valence-corrected chi connectivity index (χ1v) is 6.94. The van der Waals surface area contributed by atoms with Gasteiger partial charge >= 0.3 is 0 Å². The predicted molar refractivity (Wildman–Crippen MR) is 68.6 cm³/mol. The molecule has 0 spiro atoms. The lowest BCUT2D eigenvalue weighted by Gasteiger charge is -2.24. The van der Waals surface area contributed by atoms with E-state index < -0.39 is 0 Å². The van der Waals surface area contributed by atoms with Crippen molar-refractivity contribution in [1.29, 1.82) is 0 Å². The van der Waals surface area contributed by atoms with E-state index in [0.717, 1.165) is 23.8 Å². The molecule has 1 aromatic rings. The van der Waals surface area contributed by atoms with Gasteiger partial charge in [-0.15, -0.1) is 0 Å². The molecule has 1 aromatic heterocycles. The fraction of sp³-hybridized carbons (Fsp3) is 0.714. The number of carbonyl (C=O) groups is 1. The number of nitrogens with one attached hydrogen (secondary N) is 1. The molecular weight excluding hydrogens is 226 g/mol. The van der Waals surface area contributed by atoms with Crippen molar-refractivity contribution in [2.24, 2.45) is 17.8 Å². The molecule has 3 unspecified atom stereocenters. The van der Waals surface area contributed by atoms with Crippen molar-refractivity contribution in [2.45, 2.75) is 38.6 Å². The Labute approximate surface area is 108 Å². The van der Waals surface area contributed by atoms with Crippen LogP contribution in [0.25, 0.3) is 0 Å². The molecule has 1 heterocycles. The number of nitrogens with zero attached hydrogens (tertiary/aromatic N) is 2. The third kappa shape index (κ3) is 2.28. The summed E-state index contributed by atoms with van der Waals surface area (Å²) in [7, 11) is 1.89. The van der Waals surface area contributed by atoms with Crippen molar-refractivity contribution in [2.75, 3.05) is 7.05 Å². The van der Waals surface area contributed by atoms with Crippen LogP contribution in [0.3, 0.4) is 0 Å². The van der Waals surface area contributed by atoms with Gasteiger partial charge in [0.1, 0.15) is 0 Å². The molecule has 0 radical (unpaired) electrons. The van der Waals surface area contributed by atoms with Gasteiger partial charge in [-0.1, -0.05) is 6.42 Å². The molecule has 2 fully saturated rings. The van der Waals surface area contributed by atoms with Crippen molar-refractivity contribution in [3.63, 3.8) is 0 Å². The summed E-state index contributed by atoms with van der Waals surface area (Å²) in [6, 6.07) is 0. The molecule has 98 valence electrons. The van der Waals surface area contributed by atoms with E-state index in [9.17, 15) is 4.79 Å². The fourth-order valence-electron chi connectivity index (χ4n) is 3.73. The highest BCUT2D eigenvalue weighted by Crippen LogP contribution is 2.49. The smallest absolute Gasteiger partial charge is 0.222 e. The predicted octanol–water partition coefficient (Wildman–Crippen LogP) is 2.19. The Hall–Kier alpha value is -1.32. The van der Waals surface area contributed by atoms with Gasteiger partial charge in [-0.3, -0.25) is 9.89 Å². The van der Waals surface area contributed by atoms with Crippen LogP contribution in [0.15, 0.2) is 12.4 Å². The van der Waals surface area contributed by atoms with Gasteiger partial charge in [-0.05, 0) is 37.0 Å². The third-order valence-corrected chi connectivity index (χ3v) is 4.72. The third-order valence-electron chi connectivity index (χ3n) is 4.72. The maximum atomic E-state index is 12.2. The minimum atomic E-state index is 0.286. The average molecular weight is 247 g/mol. The molecule has 0 aromatic carbocycles. The van der Waals surface area contributed by atoms with Crippen LogP contribution >= 0.6 is 0 Å². The summed E-state index contributed by atoms with van der Waals surface area (Å²) in [5.74, 6) is 2.70. The number of H-pyrrole nitrogens is 1. The normalized spacial score (nSPS) is 29.7. The molecule has 4 heteroatoms. The Morgan fingerprint density at radius 3 is 3.00 bits per heavy atom. The number of amides is 1. The Balaban J connectivity index is 1.52. The van der Waals surface area contributed by atoms with E-state index in [1.807, 2.05) is 18.1 Å². The van der Waals surface area contributed by atoms with Crippen molar-refractivity contribution >= 4 is 5.91 Å². The fourth-order valence-corrected chi connectivity index (χ4v) is 3.73. The highest BCUT2D eigenvalue weighted by molar-refractivity contribution is 5.76. The minimum absolute atomic E-state index is 0.286. The summed E-state index contributed by atoms with van der Waals surface area (Å²) in [6.07, 6.45) is 9.80. The summed E-state index contributed by atoms with van der Waals surface area (Å²) in [4.78, 5) is 14.0. The Morgan fingerprint density at radius 1 is 1.50 bits per heavy atom. The van der Waals surface area contributed by atoms with Crippen LogP contribution in [0.2, 0.25) is 0 Å². The summed E-state index contributed by atoms with van der Waals surface area (Å²) >= 11 is 0. The molecule has 18 heavy (non-hydrogen) atoms. The second kappa shape index (κ2) is 4.75. The Bertz CT molecular complexity index is 415. The minimum Gasteiger partial charge on any atom is -0.341 e. The monoisotopic (exact) mass is 247 g/mol. The Kier molecular flexibility index (Phi) is 3.10. The molecular formula is C14H21N3O. The van der Waals surface area contributed by atoms with E-state index in [0.29, 0.717) is 12.5 Å². The summed E-state index contributed by atoms with van der Waals surface area (Å²) in [5, 5.41) is 6.69. The summed E-state index contributed by atoms with van der Waals surface area (Å²) < 4.78 is 0. The van der Waals surface area contributed by atoms with Gasteiger partial charge in [0.05, 0.1) is 6.20 Å². The molecule has 0 saturated heterocycles. The number of hydrogen-bond donors (Lipinski definition) is 1.